The molecule has 1 unspecified atom stereocenters. The Morgan fingerprint density at radius 3 is 2.50 bits per heavy atom. The zero-order valence-electron chi connectivity index (χ0n) is 11.4. The lowest BCUT2D eigenvalue weighted by atomic mass is 9.98. The van der Waals surface area contributed by atoms with Crippen molar-refractivity contribution in [1.82, 2.24) is 15.1 Å². The molecule has 0 aromatic rings. The Kier molecular flexibility index (Phi) is 3.90. The van der Waals surface area contributed by atoms with Crippen LogP contribution >= 0.6 is 0 Å². The van der Waals surface area contributed by atoms with Crippen molar-refractivity contribution in [1.29, 1.82) is 0 Å². The highest BCUT2D eigenvalue weighted by Gasteiger charge is 2.38. The monoisotopic (exact) mass is 253 g/mol. The molecule has 2 saturated heterocycles. The van der Waals surface area contributed by atoms with Crippen LogP contribution in [0.1, 0.15) is 32.6 Å². The van der Waals surface area contributed by atoms with Crippen molar-refractivity contribution < 1.29 is 9.59 Å². The van der Waals surface area contributed by atoms with Gasteiger partial charge in [-0.2, -0.15) is 0 Å². The Morgan fingerprint density at radius 2 is 1.94 bits per heavy atom. The Labute approximate surface area is 108 Å². The summed E-state index contributed by atoms with van der Waals surface area (Å²) in [5.41, 5.74) is -0.472. The number of nitrogens with zero attached hydrogens (tertiary/aromatic N) is 2. The van der Waals surface area contributed by atoms with Gasteiger partial charge in [-0.3, -0.25) is 9.59 Å². The van der Waals surface area contributed by atoms with Crippen LogP contribution in [0.4, 0.5) is 0 Å². The maximum absolute atomic E-state index is 12.3. The van der Waals surface area contributed by atoms with E-state index < -0.39 is 5.54 Å². The number of amides is 2. The molecule has 0 bridgehead atoms. The first-order valence-corrected chi connectivity index (χ1v) is 6.81. The van der Waals surface area contributed by atoms with Crippen molar-refractivity contribution in [3.8, 4) is 0 Å². The van der Waals surface area contributed by atoms with Gasteiger partial charge in [-0.05, 0) is 39.2 Å². The molecule has 0 aromatic heterocycles. The van der Waals surface area contributed by atoms with Gasteiger partial charge in [0.1, 0.15) is 0 Å². The van der Waals surface area contributed by atoms with Gasteiger partial charge in [0, 0.05) is 20.1 Å². The number of likely N-dealkylation sites (N-methyl/N-ethyl adjacent to an activating group) is 1. The maximum atomic E-state index is 12.3. The molecule has 2 aliphatic rings. The third-order valence-electron chi connectivity index (χ3n) is 4.02. The van der Waals surface area contributed by atoms with Crippen LogP contribution in [0.15, 0.2) is 0 Å². The summed E-state index contributed by atoms with van der Waals surface area (Å²) in [4.78, 5) is 27.7. The third kappa shape index (κ3) is 2.66. The molecule has 2 aliphatic heterocycles. The normalized spacial score (nSPS) is 27.6. The number of hydrogen-bond acceptors (Lipinski definition) is 3. The predicted molar refractivity (Wildman–Crippen MR) is 69.1 cm³/mol. The SMILES string of the molecule is CN(CC(=O)N1CCCC1)C(=O)C1(C)CCCN1. The van der Waals surface area contributed by atoms with Crippen LogP contribution in [0.3, 0.4) is 0 Å². The molecule has 5 nitrogen and oxygen atoms in total. The van der Waals surface area contributed by atoms with E-state index in [0.717, 1.165) is 45.3 Å². The Morgan fingerprint density at radius 1 is 1.28 bits per heavy atom. The number of carbonyl (C=O) groups is 2. The van der Waals surface area contributed by atoms with E-state index in [9.17, 15) is 9.59 Å². The second kappa shape index (κ2) is 5.26. The van der Waals surface area contributed by atoms with Crippen molar-refractivity contribution in [3.05, 3.63) is 0 Å². The van der Waals surface area contributed by atoms with Gasteiger partial charge in [0.15, 0.2) is 0 Å². The summed E-state index contributed by atoms with van der Waals surface area (Å²) < 4.78 is 0. The highest BCUT2D eigenvalue weighted by molar-refractivity contribution is 5.90. The molecule has 1 N–H and O–H groups in total. The fraction of sp³-hybridized carbons (Fsp3) is 0.846. The second-order valence-electron chi connectivity index (χ2n) is 5.61. The van der Waals surface area contributed by atoms with Crippen molar-refractivity contribution in [3.63, 3.8) is 0 Å². The fourth-order valence-electron chi connectivity index (χ4n) is 2.84. The summed E-state index contributed by atoms with van der Waals surface area (Å²) in [6.45, 7) is 4.71. The van der Waals surface area contributed by atoms with Gasteiger partial charge >= 0.3 is 0 Å². The van der Waals surface area contributed by atoms with E-state index in [1.54, 1.807) is 11.9 Å². The lowest BCUT2D eigenvalue weighted by Crippen LogP contribution is -2.53. The number of carbonyl (C=O) groups excluding carboxylic acids is 2. The van der Waals surface area contributed by atoms with Crippen LogP contribution in [0, 0.1) is 0 Å². The Hall–Kier alpha value is -1.10. The molecule has 0 aromatic carbocycles. The number of rotatable bonds is 3. The highest BCUT2D eigenvalue weighted by atomic mass is 16.2. The minimum Gasteiger partial charge on any atom is -0.341 e. The lowest BCUT2D eigenvalue weighted by Gasteiger charge is -2.30. The van der Waals surface area contributed by atoms with Gasteiger partial charge in [0.05, 0.1) is 12.1 Å². The van der Waals surface area contributed by atoms with E-state index in [-0.39, 0.29) is 18.4 Å². The Bertz CT molecular complexity index is 331. The Balaban J connectivity index is 1.88. The molecule has 2 amide bonds. The van der Waals surface area contributed by atoms with Gasteiger partial charge in [-0.15, -0.1) is 0 Å². The molecule has 0 saturated carbocycles. The van der Waals surface area contributed by atoms with Crippen LogP contribution < -0.4 is 5.32 Å². The highest BCUT2D eigenvalue weighted by Crippen LogP contribution is 2.20. The summed E-state index contributed by atoms with van der Waals surface area (Å²) in [5, 5.41) is 3.24. The summed E-state index contributed by atoms with van der Waals surface area (Å²) >= 11 is 0. The second-order valence-corrected chi connectivity index (χ2v) is 5.61. The van der Waals surface area contributed by atoms with Crippen molar-refractivity contribution in [2.24, 2.45) is 0 Å². The fourth-order valence-corrected chi connectivity index (χ4v) is 2.84. The van der Waals surface area contributed by atoms with Gasteiger partial charge < -0.3 is 15.1 Å². The average Bonchev–Trinajstić information content (AvgIpc) is 2.99. The van der Waals surface area contributed by atoms with E-state index in [2.05, 4.69) is 5.32 Å². The van der Waals surface area contributed by atoms with E-state index in [4.69, 9.17) is 0 Å². The van der Waals surface area contributed by atoms with Crippen LogP contribution in [-0.4, -0.2) is 60.4 Å². The molecule has 0 spiro atoms. The van der Waals surface area contributed by atoms with Gasteiger partial charge in [0.2, 0.25) is 11.8 Å². The van der Waals surface area contributed by atoms with Crippen molar-refractivity contribution in [2.75, 3.05) is 33.2 Å². The lowest BCUT2D eigenvalue weighted by molar-refractivity contribution is -0.142. The quantitative estimate of drug-likeness (QED) is 0.782. The van der Waals surface area contributed by atoms with Crippen LogP contribution in [-0.2, 0) is 9.59 Å². The molecule has 0 aliphatic carbocycles. The molecule has 102 valence electrons. The summed E-state index contributed by atoms with van der Waals surface area (Å²) in [6, 6.07) is 0. The molecule has 5 heteroatoms. The molecule has 2 rings (SSSR count). The summed E-state index contributed by atoms with van der Waals surface area (Å²) in [6.07, 6.45) is 4.05. The van der Waals surface area contributed by atoms with E-state index >= 15 is 0 Å². The summed E-state index contributed by atoms with van der Waals surface area (Å²) in [5.74, 6) is 0.109. The molecule has 2 fully saturated rings. The minimum absolute atomic E-state index is 0.0348. The first kappa shape index (κ1) is 13.3. The number of likely N-dealkylation sites (tertiary alicyclic amines) is 1. The largest absolute Gasteiger partial charge is 0.341 e. The molecule has 18 heavy (non-hydrogen) atoms. The average molecular weight is 253 g/mol. The molecule has 0 radical (unpaired) electrons. The zero-order valence-corrected chi connectivity index (χ0v) is 11.4. The molecular weight excluding hydrogens is 230 g/mol. The first-order chi connectivity index (χ1) is 8.53. The van der Waals surface area contributed by atoms with E-state index in [1.165, 1.54) is 0 Å². The predicted octanol–water partition coefficient (Wildman–Crippen LogP) is 0.209. The van der Waals surface area contributed by atoms with Gasteiger partial charge in [0.25, 0.3) is 0 Å². The van der Waals surface area contributed by atoms with Crippen LogP contribution in [0.25, 0.3) is 0 Å². The standard InChI is InChI=1S/C13H23N3O2/c1-13(6-5-7-14-13)12(18)15(2)10-11(17)16-8-3-4-9-16/h14H,3-10H2,1-2H3. The van der Waals surface area contributed by atoms with Crippen molar-refractivity contribution >= 4 is 11.8 Å². The van der Waals surface area contributed by atoms with Gasteiger partial charge in [-0.1, -0.05) is 0 Å². The first-order valence-electron chi connectivity index (χ1n) is 6.81. The van der Waals surface area contributed by atoms with Crippen LogP contribution in [0.2, 0.25) is 0 Å². The summed E-state index contributed by atoms with van der Waals surface area (Å²) in [7, 11) is 1.72. The van der Waals surface area contributed by atoms with E-state index in [1.807, 2.05) is 11.8 Å². The maximum Gasteiger partial charge on any atom is 0.242 e. The third-order valence-corrected chi connectivity index (χ3v) is 4.02. The van der Waals surface area contributed by atoms with E-state index in [0.29, 0.717) is 0 Å². The van der Waals surface area contributed by atoms with Crippen molar-refractivity contribution in [2.45, 2.75) is 38.1 Å². The number of hydrogen-bond donors (Lipinski definition) is 1. The number of nitrogens with one attached hydrogen (secondary N) is 1. The zero-order chi connectivity index (χ0) is 13.2. The van der Waals surface area contributed by atoms with Gasteiger partial charge in [-0.25, -0.2) is 0 Å². The minimum atomic E-state index is -0.472. The topological polar surface area (TPSA) is 52.7 Å². The molecule has 2 heterocycles. The smallest absolute Gasteiger partial charge is 0.242 e. The van der Waals surface area contributed by atoms with Crippen LogP contribution in [0.5, 0.6) is 0 Å². The molecule has 1 atom stereocenters. The molecular formula is C13H23N3O2.